The van der Waals surface area contributed by atoms with E-state index in [-0.39, 0.29) is 5.41 Å². The van der Waals surface area contributed by atoms with Gasteiger partial charge in [-0.05, 0) is 85.8 Å². The molecule has 12 rings (SSSR count). The lowest BCUT2D eigenvalue weighted by atomic mass is 9.82. The zero-order valence-electron chi connectivity index (χ0n) is 32.2. The van der Waals surface area contributed by atoms with Gasteiger partial charge in [0.05, 0.1) is 27.9 Å². The number of nitrogens with zero attached hydrogens (tertiary/aromatic N) is 3. The first-order valence-corrected chi connectivity index (χ1v) is 20.1. The molecule has 1 aliphatic rings. The third-order valence-corrected chi connectivity index (χ3v) is 12.6. The van der Waals surface area contributed by atoms with Crippen molar-refractivity contribution >= 4 is 54.3 Å². The predicted octanol–water partition coefficient (Wildman–Crippen LogP) is 14.3. The summed E-state index contributed by atoms with van der Waals surface area (Å²) in [5.74, 6) is 0.700. The fourth-order valence-electron chi connectivity index (χ4n) is 9.72. The molecule has 11 aromatic rings. The highest BCUT2D eigenvalue weighted by Gasteiger charge is 2.36. The van der Waals surface area contributed by atoms with Crippen molar-refractivity contribution in [3.8, 4) is 50.6 Å². The maximum absolute atomic E-state index is 5.45. The maximum Gasteiger partial charge on any atom is 0.160 e. The van der Waals surface area contributed by atoms with Gasteiger partial charge in [-0.1, -0.05) is 166 Å². The molecule has 9 aromatic carbocycles. The van der Waals surface area contributed by atoms with Gasteiger partial charge in [-0.3, -0.25) is 0 Å². The lowest BCUT2D eigenvalue weighted by Crippen LogP contribution is -2.15. The van der Waals surface area contributed by atoms with E-state index in [0.717, 1.165) is 44.5 Å². The van der Waals surface area contributed by atoms with Crippen LogP contribution in [0, 0.1) is 0 Å². The molecule has 0 fully saturated rings. The normalized spacial score (nSPS) is 13.1. The van der Waals surface area contributed by atoms with E-state index in [1.807, 2.05) is 0 Å². The second-order valence-electron chi connectivity index (χ2n) is 16.2. The molecule has 0 atom stereocenters. The molecule has 0 saturated heterocycles. The van der Waals surface area contributed by atoms with Crippen LogP contribution >= 0.6 is 0 Å². The smallest absolute Gasteiger partial charge is 0.160 e. The summed E-state index contributed by atoms with van der Waals surface area (Å²) in [7, 11) is 0. The first-order valence-electron chi connectivity index (χ1n) is 20.1. The van der Waals surface area contributed by atoms with Gasteiger partial charge in [0.1, 0.15) is 0 Å². The minimum atomic E-state index is -0.138. The van der Waals surface area contributed by atoms with Gasteiger partial charge in [-0.25, -0.2) is 9.97 Å². The number of fused-ring (bicyclic) bond motifs is 9. The van der Waals surface area contributed by atoms with Crippen LogP contribution in [0.4, 0.5) is 0 Å². The van der Waals surface area contributed by atoms with Crippen LogP contribution in [0.5, 0.6) is 0 Å². The first kappa shape index (κ1) is 32.8. The van der Waals surface area contributed by atoms with E-state index >= 15 is 0 Å². The Morgan fingerprint density at radius 1 is 0.397 bits per heavy atom. The summed E-state index contributed by atoms with van der Waals surface area (Å²) >= 11 is 0. The van der Waals surface area contributed by atoms with E-state index in [4.69, 9.17) is 9.97 Å². The summed E-state index contributed by atoms with van der Waals surface area (Å²) in [6.45, 7) is 4.73. The summed E-state index contributed by atoms with van der Waals surface area (Å²) in [5.41, 5.74) is 14.9. The fourth-order valence-corrected chi connectivity index (χ4v) is 9.72. The Kier molecular flexibility index (Phi) is 6.98. The van der Waals surface area contributed by atoms with Gasteiger partial charge in [-0.2, -0.15) is 0 Å². The zero-order valence-corrected chi connectivity index (χ0v) is 32.2. The van der Waals surface area contributed by atoms with Gasteiger partial charge in [0.25, 0.3) is 0 Å². The molecule has 0 amide bonds. The Balaban J connectivity index is 1.16. The van der Waals surface area contributed by atoms with Crippen molar-refractivity contribution in [1.29, 1.82) is 0 Å². The molecule has 0 aliphatic heterocycles. The van der Waals surface area contributed by atoms with E-state index in [2.05, 4.69) is 206 Å². The van der Waals surface area contributed by atoms with Crippen LogP contribution in [0.1, 0.15) is 25.0 Å². The maximum atomic E-state index is 5.45. The summed E-state index contributed by atoms with van der Waals surface area (Å²) in [4.78, 5) is 10.7. The first-order chi connectivity index (χ1) is 28.5. The van der Waals surface area contributed by atoms with Crippen LogP contribution < -0.4 is 0 Å². The largest absolute Gasteiger partial charge is 0.309 e. The van der Waals surface area contributed by atoms with Crippen LogP contribution in [0.3, 0.4) is 0 Å². The summed E-state index contributed by atoms with van der Waals surface area (Å²) in [5, 5.41) is 8.33. The van der Waals surface area contributed by atoms with Crippen molar-refractivity contribution in [2.75, 3.05) is 0 Å². The Morgan fingerprint density at radius 3 is 1.98 bits per heavy atom. The molecule has 3 nitrogen and oxygen atoms in total. The minimum absolute atomic E-state index is 0.138. The van der Waals surface area contributed by atoms with Gasteiger partial charge < -0.3 is 4.57 Å². The molecule has 0 radical (unpaired) electrons. The van der Waals surface area contributed by atoms with Crippen LogP contribution in [-0.4, -0.2) is 14.5 Å². The predicted molar refractivity (Wildman–Crippen MR) is 243 cm³/mol. The molecule has 0 spiro atoms. The molecule has 0 bridgehead atoms. The Labute approximate surface area is 336 Å². The van der Waals surface area contributed by atoms with Gasteiger partial charge >= 0.3 is 0 Å². The average Bonchev–Trinajstić information content (AvgIpc) is 3.72. The quantitative estimate of drug-likeness (QED) is 0.180. The van der Waals surface area contributed by atoms with E-state index in [0.29, 0.717) is 5.82 Å². The minimum Gasteiger partial charge on any atom is -0.309 e. The van der Waals surface area contributed by atoms with Crippen molar-refractivity contribution in [3.05, 3.63) is 199 Å². The Bertz CT molecular complexity index is 3490. The summed E-state index contributed by atoms with van der Waals surface area (Å²) < 4.78 is 2.49. The van der Waals surface area contributed by atoms with Crippen molar-refractivity contribution in [1.82, 2.24) is 14.5 Å². The van der Waals surface area contributed by atoms with Gasteiger partial charge in [-0.15, -0.1) is 0 Å². The van der Waals surface area contributed by atoms with E-state index in [1.54, 1.807) is 0 Å². The SMILES string of the molecule is CC1(C)c2ccccc2-c2cc3c4ccccc4n(-c4cc(-c5nc(-c6cccc7ccccc67)c6ccccc6n5)ccc4-c4ccc5ccccc5c4)c3cc21. The van der Waals surface area contributed by atoms with Gasteiger partial charge in [0.15, 0.2) is 5.82 Å². The summed E-state index contributed by atoms with van der Waals surface area (Å²) in [6, 6.07) is 68.3. The van der Waals surface area contributed by atoms with Gasteiger partial charge in [0, 0.05) is 38.3 Å². The molecule has 2 heterocycles. The highest BCUT2D eigenvalue weighted by molar-refractivity contribution is 6.12. The van der Waals surface area contributed by atoms with E-state index < -0.39 is 0 Å². The fraction of sp³-hybridized carbons (Fsp3) is 0.0545. The second kappa shape index (κ2) is 12.3. The third kappa shape index (κ3) is 4.80. The molecule has 3 heteroatoms. The van der Waals surface area contributed by atoms with E-state index in [1.165, 1.54) is 65.6 Å². The number of hydrogen-bond donors (Lipinski definition) is 0. The number of rotatable bonds is 4. The highest BCUT2D eigenvalue weighted by atomic mass is 15.0. The number of para-hydroxylation sites is 2. The summed E-state index contributed by atoms with van der Waals surface area (Å²) in [6.07, 6.45) is 0. The van der Waals surface area contributed by atoms with Crippen molar-refractivity contribution in [3.63, 3.8) is 0 Å². The molecule has 0 N–H and O–H groups in total. The number of aromatic nitrogens is 3. The monoisotopic (exact) mass is 739 g/mol. The molecule has 1 aliphatic carbocycles. The average molecular weight is 740 g/mol. The van der Waals surface area contributed by atoms with E-state index in [9.17, 15) is 0 Å². The second-order valence-corrected chi connectivity index (χ2v) is 16.2. The third-order valence-electron chi connectivity index (χ3n) is 12.6. The molecule has 58 heavy (non-hydrogen) atoms. The highest BCUT2D eigenvalue weighted by Crippen LogP contribution is 2.51. The lowest BCUT2D eigenvalue weighted by Gasteiger charge is -2.22. The Hall–Kier alpha value is -7.36. The number of benzene rings is 9. The Morgan fingerprint density at radius 2 is 1.09 bits per heavy atom. The number of hydrogen-bond acceptors (Lipinski definition) is 2. The van der Waals surface area contributed by atoms with Crippen molar-refractivity contribution in [2.24, 2.45) is 0 Å². The van der Waals surface area contributed by atoms with Crippen molar-refractivity contribution < 1.29 is 0 Å². The standard InChI is InChI=1S/C55H37N3/c1-55(2)47-23-10-7-19-41(47)45-32-46-42-20-9-12-25-50(42)58(52(46)33-48(45)55)51-31-38(28-29-40(51)37-27-26-34-14-3-4-16-36(34)30-37)54-56-49-24-11-8-21-44(49)53(57-54)43-22-13-17-35-15-5-6-18-39(35)43/h3-33H,1-2H3. The van der Waals surface area contributed by atoms with Crippen LogP contribution in [-0.2, 0) is 5.41 Å². The van der Waals surface area contributed by atoms with Gasteiger partial charge in [0.2, 0.25) is 0 Å². The topological polar surface area (TPSA) is 30.7 Å². The zero-order chi connectivity index (χ0) is 38.5. The molecule has 272 valence electrons. The lowest BCUT2D eigenvalue weighted by molar-refractivity contribution is 0.661. The van der Waals surface area contributed by atoms with Crippen molar-refractivity contribution in [2.45, 2.75) is 19.3 Å². The van der Waals surface area contributed by atoms with Crippen LogP contribution in [0.2, 0.25) is 0 Å². The molecular weight excluding hydrogens is 703 g/mol. The molecule has 2 aromatic heterocycles. The molecule has 0 saturated carbocycles. The molecule has 0 unspecified atom stereocenters. The van der Waals surface area contributed by atoms with Crippen LogP contribution in [0.15, 0.2) is 188 Å². The van der Waals surface area contributed by atoms with Crippen LogP contribution in [0.25, 0.3) is 105 Å². The molecular formula is C55H37N3.